The largest absolute Gasteiger partial charge is 0.469 e. The molecule has 0 aliphatic heterocycles. The molecule has 4 unspecified atom stereocenters. The first kappa shape index (κ1) is 26.6. The highest BCUT2D eigenvalue weighted by molar-refractivity contribution is 14.1. The molecule has 0 bridgehead atoms. The summed E-state index contributed by atoms with van der Waals surface area (Å²) in [5, 5.41) is 0. The van der Waals surface area contributed by atoms with Crippen molar-refractivity contribution in [1.82, 2.24) is 0 Å². The molecule has 3 fully saturated rings. The van der Waals surface area contributed by atoms with Crippen LogP contribution in [0.4, 0.5) is 0 Å². The van der Waals surface area contributed by atoms with Crippen molar-refractivity contribution in [2.45, 2.75) is 93.4 Å². The summed E-state index contributed by atoms with van der Waals surface area (Å²) >= 11 is 2.20. The molecule has 0 saturated heterocycles. The molecular weight excluding hydrogens is 563 g/mol. The first-order valence-corrected chi connectivity index (χ1v) is 14.9. The summed E-state index contributed by atoms with van der Waals surface area (Å²) < 4.78 is 6.03. The van der Waals surface area contributed by atoms with E-state index in [2.05, 4.69) is 77.1 Å². The van der Waals surface area contributed by atoms with Gasteiger partial charge in [-0.1, -0.05) is 53.2 Å². The molecule has 198 valence electrons. The second-order valence-electron chi connectivity index (χ2n) is 14.6. The van der Waals surface area contributed by atoms with E-state index in [1.54, 1.807) is 0 Å². The average molecular weight is 607 g/mol. The Kier molecular flexibility index (Phi) is 5.76. The number of halogens is 1. The fraction of sp³-hybridized carbons (Fsp3) is 0.774. The lowest BCUT2D eigenvalue weighted by atomic mass is 9.34. The third-order valence-corrected chi connectivity index (χ3v) is 13.3. The van der Waals surface area contributed by atoms with Crippen molar-refractivity contribution < 1.29 is 19.1 Å². The quantitative estimate of drug-likeness (QED) is 0.233. The number of ether oxygens (including phenoxy) is 1. The van der Waals surface area contributed by atoms with Crippen molar-refractivity contribution in [3.05, 3.63) is 21.3 Å². The minimum atomic E-state index is -0.505. The van der Waals surface area contributed by atoms with Crippen molar-refractivity contribution in [3.8, 4) is 0 Å². The van der Waals surface area contributed by atoms with Crippen LogP contribution in [0.3, 0.4) is 0 Å². The van der Waals surface area contributed by atoms with Crippen LogP contribution >= 0.6 is 22.6 Å². The summed E-state index contributed by atoms with van der Waals surface area (Å²) in [6.07, 6.45) is 10.9. The third kappa shape index (κ3) is 3.13. The fourth-order valence-electron chi connectivity index (χ4n) is 10.1. The number of carbonyl (C=O) groups is 3. The van der Waals surface area contributed by atoms with Gasteiger partial charge in [-0.3, -0.25) is 14.4 Å². The highest BCUT2D eigenvalue weighted by atomic mass is 127. The lowest BCUT2D eigenvalue weighted by Crippen LogP contribution is -2.65. The Hall–Kier alpha value is -0.980. The topological polar surface area (TPSA) is 60.4 Å². The minimum Gasteiger partial charge on any atom is -0.469 e. The summed E-state index contributed by atoms with van der Waals surface area (Å²) in [4.78, 5) is 40.4. The number of esters is 1. The molecule has 0 heterocycles. The Labute approximate surface area is 230 Å². The molecule has 5 heteroatoms. The van der Waals surface area contributed by atoms with Crippen molar-refractivity contribution in [1.29, 1.82) is 0 Å². The van der Waals surface area contributed by atoms with Crippen molar-refractivity contribution >= 4 is 40.1 Å². The molecule has 0 N–H and O–H groups in total. The van der Waals surface area contributed by atoms with E-state index in [0.717, 1.165) is 48.5 Å². The normalized spacial score (nSPS) is 49.5. The highest BCUT2D eigenvalue weighted by Gasteiger charge is 2.70. The van der Waals surface area contributed by atoms with Crippen LogP contribution in [-0.4, -0.2) is 24.6 Å². The Morgan fingerprint density at radius 2 is 1.61 bits per heavy atom. The molecule has 0 spiro atoms. The van der Waals surface area contributed by atoms with Gasteiger partial charge < -0.3 is 4.74 Å². The Balaban J connectivity index is 1.65. The SMILES string of the molecule is COC(=O)[C@@]1(C)CCC2(C)CC[C@]3(C)C(=CC(=O)[C@@H]4C5(C)C=C(I)C(=O)C(C)(C)[C@@H]5CCC43C)C2C1. The standard InChI is InChI=1S/C31H43IO4/c1-26(2)22-9-10-31(7)23(29(22,5)17-20(32)24(26)34)21(33)15-18-19-16-28(4,25(35)36-8)12-11-27(19,3)13-14-30(18,31)6/h15,17,19,22-23H,9-14,16H2,1-8H3/t19?,22-,23+,27?,28-,29?,30+,31?/m0/s1. The zero-order valence-electron chi connectivity index (χ0n) is 23.3. The fourth-order valence-corrected chi connectivity index (χ4v) is 11.4. The molecule has 0 aromatic carbocycles. The number of Topliss-reactive ketones (excluding diaryl/α,β-unsaturated/α-hetero) is 1. The molecular formula is C31H43IO4. The number of hydrogen-bond donors (Lipinski definition) is 0. The molecule has 3 saturated carbocycles. The van der Waals surface area contributed by atoms with E-state index in [1.807, 2.05) is 6.08 Å². The number of allylic oxidation sites excluding steroid dienone is 4. The zero-order valence-corrected chi connectivity index (χ0v) is 25.5. The summed E-state index contributed by atoms with van der Waals surface area (Å²) in [6.45, 7) is 15.7. The average Bonchev–Trinajstić information content (AvgIpc) is 2.79. The van der Waals surface area contributed by atoms with E-state index in [-0.39, 0.29) is 56.9 Å². The van der Waals surface area contributed by atoms with Crippen LogP contribution in [0, 0.1) is 50.2 Å². The van der Waals surface area contributed by atoms with Gasteiger partial charge in [0.1, 0.15) is 0 Å². The maximum Gasteiger partial charge on any atom is 0.311 e. The molecule has 0 aromatic rings. The number of ketones is 2. The molecule has 5 aliphatic carbocycles. The van der Waals surface area contributed by atoms with E-state index >= 15 is 0 Å². The summed E-state index contributed by atoms with van der Waals surface area (Å²) in [6, 6.07) is 0. The van der Waals surface area contributed by atoms with Crippen molar-refractivity contribution in [2.75, 3.05) is 7.11 Å². The summed E-state index contributed by atoms with van der Waals surface area (Å²) in [7, 11) is 1.49. The summed E-state index contributed by atoms with van der Waals surface area (Å²) in [5.41, 5.74) is -0.221. The number of fused-ring (bicyclic) bond motifs is 7. The molecule has 0 radical (unpaired) electrons. The van der Waals surface area contributed by atoms with Crippen LogP contribution in [0.15, 0.2) is 21.3 Å². The van der Waals surface area contributed by atoms with E-state index in [4.69, 9.17) is 4.74 Å². The molecule has 36 heavy (non-hydrogen) atoms. The number of carbonyl (C=O) groups excluding carboxylic acids is 3. The third-order valence-electron chi connectivity index (χ3n) is 12.5. The van der Waals surface area contributed by atoms with Gasteiger partial charge in [-0.05, 0) is 109 Å². The van der Waals surface area contributed by atoms with E-state index < -0.39 is 10.8 Å². The Bertz CT molecular complexity index is 1120. The molecule has 5 rings (SSSR count). The van der Waals surface area contributed by atoms with Gasteiger partial charge in [0.15, 0.2) is 11.6 Å². The van der Waals surface area contributed by atoms with Crippen LogP contribution in [0.2, 0.25) is 0 Å². The van der Waals surface area contributed by atoms with Gasteiger partial charge in [0.05, 0.1) is 16.1 Å². The highest BCUT2D eigenvalue weighted by Crippen LogP contribution is 2.74. The molecule has 8 atom stereocenters. The maximum absolute atomic E-state index is 14.3. The van der Waals surface area contributed by atoms with Gasteiger partial charge >= 0.3 is 5.97 Å². The van der Waals surface area contributed by atoms with Crippen LogP contribution < -0.4 is 0 Å². The van der Waals surface area contributed by atoms with E-state index in [0.29, 0.717) is 0 Å². The van der Waals surface area contributed by atoms with Gasteiger partial charge in [-0.15, -0.1) is 0 Å². The second kappa shape index (κ2) is 7.79. The monoisotopic (exact) mass is 606 g/mol. The van der Waals surface area contributed by atoms with E-state index in [1.165, 1.54) is 12.7 Å². The zero-order chi connectivity index (χ0) is 26.7. The molecule has 0 aromatic heterocycles. The van der Waals surface area contributed by atoms with Crippen LogP contribution in [0.25, 0.3) is 0 Å². The Morgan fingerprint density at radius 3 is 2.25 bits per heavy atom. The number of methoxy groups -OCH3 is 1. The molecule has 0 amide bonds. The number of hydrogen-bond acceptors (Lipinski definition) is 4. The number of rotatable bonds is 1. The maximum atomic E-state index is 14.3. The molecule has 5 aliphatic rings. The predicted molar refractivity (Wildman–Crippen MR) is 149 cm³/mol. The summed E-state index contributed by atoms with van der Waals surface area (Å²) in [5.74, 6) is 0.555. The van der Waals surface area contributed by atoms with Gasteiger partial charge in [-0.2, -0.15) is 0 Å². The van der Waals surface area contributed by atoms with Crippen LogP contribution in [0.1, 0.15) is 93.4 Å². The Morgan fingerprint density at radius 1 is 0.972 bits per heavy atom. The van der Waals surface area contributed by atoms with E-state index in [9.17, 15) is 14.4 Å². The van der Waals surface area contributed by atoms with Gasteiger partial charge in [-0.25, -0.2) is 0 Å². The molecule has 4 nitrogen and oxygen atoms in total. The van der Waals surface area contributed by atoms with Crippen molar-refractivity contribution in [2.24, 2.45) is 50.2 Å². The van der Waals surface area contributed by atoms with Crippen LogP contribution in [-0.2, 0) is 19.1 Å². The lowest BCUT2D eigenvalue weighted by Gasteiger charge is -2.69. The smallest absolute Gasteiger partial charge is 0.311 e. The predicted octanol–water partition coefficient (Wildman–Crippen LogP) is 7.25. The lowest BCUT2D eigenvalue weighted by molar-refractivity contribution is -0.172. The van der Waals surface area contributed by atoms with Crippen LogP contribution in [0.5, 0.6) is 0 Å². The first-order valence-electron chi connectivity index (χ1n) is 13.8. The van der Waals surface area contributed by atoms with Gasteiger partial charge in [0, 0.05) is 16.7 Å². The van der Waals surface area contributed by atoms with Gasteiger partial charge in [0.25, 0.3) is 0 Å². The van der Waals surface area contributed by atoms with Gasteiger partial charge in [0.2, 0.25) is 0 Å². The first-order chi connectivity index (χ1) is 16.5. The van der Waals surface area contributed by atoms with Crippen molar-refractivity contribution in [3.63, 3.8) is 0 Å². The minimum absolute atomic E-state index is 0.108. The second-order valence-corrected chi connectivity index (χ2v) is 15.8.